The summed E-state index contributed by atoms with van der Waals surface area (Å²) in [6.45, 7) is 0. The number of hydrogen-bond donors (Lipinski definition) is 1. The zero-order valence-corrected chi connectivity index (χ0v) is 9.93. The molecular formula is C10H9Cl2NO3. The zero-order chi connectivity index (χ0) is 12.1. The van der Waals surface area contributed by atoms with E-state index in [1.165, 1.54) is 19.2 Å². The van der Waals surface area contributed by atoms with E-state index in [0.29, 0.717) is 5.69 Å². The molecule has 0 atom stereocenters. The molecular weight excluding hydrogens is 253 g/mol. The standard InChI is InChI=1S/C10H9Cl2NO3/c1-16-10(15)7-4-6(2-3-8(7)12)13-9(14)5-11/h2-4H,5H2,1H3,(H,13,14). The minimum absolute atomic E-state index is 0.157. The maximum Gasteiger partial charge on any atom is 0.339 e. The number of carbonyl (C=O) groups is 2. The summed E-state index contributed by atoms with van der Waals surface area (Å²) in [5, 5.41) is 2.76. The molecule has 1 rings (SSSR count). The first-order valence-electron chi connectivity index (χ1n) is 4.32. The molecule has 4 nitrogen and oxygen atoms in total. The topological polar surface area (TPSA) is 55.4 Å². The van der Waals surface area contributed by atoms with E-state index in [0.717, 1.165) is 0 Å². The maximum absolute atomic E-state index is 11.3. The predicted molar refractivity (Wildman–Crippen MR) is 62.1 cm³/mol. The van der Waals surface area contributed by atoms with Gasteiger partial charge in [-0.3, -0.25) is 4.79 Å². The summed E-state index contributed by atoms with van der Waals surface area (Å²) in [6.07, 6.45) is 0. The van der Waals surface area contributed by atoms with E-state index in [4.69, 9.17) is 23.2 Å². The molecule has 86 valence electrons. The van der Waals surface area contributed by atoms with E-state index < -0.39 is 5.97 Å². The van der Waals surface area contributed by atoms with Crippen molar-refractivity contribution in [1.29, 1.82) is 0 Å². The van der Waals surface area contributed by atoms with Crippen LogP contribution >= 0.6 is 23.2 Å². The van der Waals surface area contributed by atoms with Crippen molar-refractivity contribution in [2.24, 2.45) is 0 Å². The van der Waals surface area contributed by atoms with Gasteiger partial charge in [0.25, 0.3) is 0 Å². The van der Waals surface area contributed by atoms with Gasteiger partial charge in [0.05, 0.1) is 17.7 Å². The predicted octanol–water partition coefficient (Wildman–Crippen LogP) is 2.30. The van der Waals surface area contributed by atoms with Crippen molar-refractivity contribution < 1.29 is 14.3 Å². The fraction of sp³-hybridized carbons (Fsp3) is 0.200. The molecule has 0 saturated heterocycles. The van der Waals surface area contributed by atoms with E-state index in [9.17, 15) is 9.59 Å². The van der Waals surface area contributed by atoms with Crippen molar-refractivity contribution in [3.8, 4) is 0 Å². The number of anilines is 1. The number of carbonyl (C=O) groups excluding carboxylic acids is 2. The first-order chi connectivity index (χ1) is 7.58. The van der Waals surface area contributed by atoms with Crippen LogP contribution in [0.4, 0.5) is 5.69 Å². The molecule has 0 aliphatic rings. The Hall–Kier alpha value is -1.26. The Labute approximate surface area is 102 Å². The maximum atomic E-state index is 11.3. The fourth-order valence-corrected chi connectivity index (χ4v) is 1.33. The number of nitrogens with one attached hydrogen (secondary N) is 1. The number of hydrogen-bond acceptors (Lipinski definition) is 3. The minimum atomic E-state index is -0.563. The minimum Gasteiger partial charge on any atom is -0.465 e. The van der Waals surface area contributed by atoms with E-state index in [1.807, 2.05) is 0 Å². The van der Waals surface area contributed by atoms with Crippen molar-refractivity contribution in [3.63, 3.8) is 0 Å². The number of esters is 1. The van der Waals surface area contributed by atoms with Crippen LogP contribution in [0.25, 0.3) is 0 Å². The second-order valence-electron chi connectivity index (χ2n) is 2.87. The van der Waals surface area contributed by atoms with E-state index in [-0.39, 0.29) is 22.4 Å². The van der Waals surface area contributed by atoms with Crippen molar-refractivity contribution in [3.05, 3.63) is 28.8 Å². The average molecular weight is 262 g/mol. The molecule has 0 fully saturated rings. The van der Waals surface area contributed by atoms with Gasteiger partial charge in [0.1, 0.15) is 5.88 Å². The van der Waals surface area contributed by atoms with Gasteiger partial charge >= 0.3 is 5.97 Å². The van der Waals surface area contributed by atoms with Gasteiger partial charge in [-0.05, 0) is 18.2 Å². The molecule has 0 radical (unpaired) electrons. The van der Waals surface area contributed by atoms with Crippen LogP contribution in [0.5, 0.6) is 0 Å². The van der Waals surface area contributed by atoms with Gasteiger partial charge in [0, 0.05) is 5.69 Å². The molecule has 0 spiro atoms. The molecule has 0 heterocycles. The number of benzene rings is 1. The van der Waals surface area contributed by atoms with Gasteiger partial charge in [0.2, 0.25) is 5.91 Å². The van der Waals surface area contributed by atoms with Crippen LogP contribution in [0.15, 0.2) is 18.2 Å². The summed E-state index contributed by atoms with van der Waals surface area (Å²) < 4.78 is 4.54. The Morgan fingerprint density at radius 3 is 2.69 bits per heavy atom. The number of ether oxygens (including phenoxy) is 1. The third-order valence-electron chi connectivity index (χ3n) is 1.78. The second-order valence-corrected chi connectivity index (χ2v) is 3.54. The SMILES string of the molecule is COC(=O)c1cc(NC(=O)CCl)ccc1Cl. The van der Waals surface area contributed by atoms with Crippen LogP contribution in [0.1, 0.15) is 10.4 Å². The highest BCUT2D eigenvalue weighted by molar-refractivity contribution is 6.33. The van der Waals surface area contributed by atoms with Crippen LogP contribution in [-0.4, -0.2) is 24.9 Å². The van der Waals surface area contributed by atoms with Crippen molar-refractivity contribution in [2.75, 3.05) is 18.3 Å². The molecule has 0 aliphatic carbocycles. The van der Waals surface area contributed by atoms with Crippen LogP contribution in [0.3, 0.4) is 0 Å². The monoisotopic (exact) mass is 261 g/mol. The number of amides is 1. The van der Waals surface area contributed by atoms with E-state index in [2.05, 4.69) is 10.1 Å². The third-order valence-corrected chi connectivity index (χ3v) is 2.35. The largest absolute Gasteiger partial charge is 0.465 e. The fourth-order valence-electron chi connectivity index (χ4n) is 1.06. The number of methoxy groups -OCH3 is 1. The van der Waals surface area contributed by atoms with Gasteiger partial charge in [0.15, 0.2) is 0 Å². The summed E-state index contributed by atoms with van der Waals surface area (Å²) in [5.74, 6) is -1.08. The Morgan fingerprint density at radius 1 is 1.44 bits per heavy atom. The lowest BCUT2D eigenvalue weighted by molar-refractivity contribution is -0.113. The molecule has 0 bridgehead atoms. The Kier molecular flexibility index (Phi) is 4.58. The lowest BCUT2D eigenvalue weighted by Crippen LogP contribution is -2.13. The first kappa shape index (κ1) is 12.8. The molecule has 1 aromatic rings. The van der Waals surface area contributed by atoms with Gasteiger partial charge in [-0.1, -0.05) is 11.6 Å². The highest BCUT2D eigenvalue weighted by Gasteiger charge is 2.12. The van der Waals surface area contributed by atoms with Crippen LogP contribution in [0, 0.1) is 0 Å². The highest BCUT2D eigenvalue weighted by Crippen LogP contribution is 2.21. The van der Waals surface area contributed by atoms with Crippen molar-refractivity contribution in [2.45, 2.75) is 0 Å². The highest BCUT2D eigenvalue weighted by atomic mass is 35.5. The summed E-state index contributed by atoms with van der Waals surface area (Å²) in [4.78, 5) is 22.3. The van der Waals surface area contributed by atoms with Crippen molar-refractivity contribution >= 4 is 40.8 Å². The lowest BCUT2D eigenvalue weighted by Gasteiger charge is -2.06. The lowest BCUT2D eigenvalue weighted by atomic mass is 10.2. The third kappa shape index (κ3) is 3.12. The Morgan fingerprint density at radius 2 is 2.12 bits per heavy atom. The molecule has 1 aromatic carbocycles. The second kappa shape index (κ2) is 5.72. The average Bonchev–Trinajstić information content (AvgIpc) is 2.30. The number of halogens is 2. The summed E-state index contributed by atoms with van der Waals surface area (Å²) >= 11 is 11.1. The summed E-state index contributed by atoms with van der Waals surface area (Å²) in [6, 6.07) is 4.50. The summed E-state index contributed by atoms with van der Waals surface area (Å²) in [5.41, 5.74) is 0.631. The molecule has 16 heavy (non-hydrogen) atoms. The Balaban J connectivity index is 2.98. The molecule has 6 heteroatoms. The van der Waals surface area contributed by atoms with E-state index >= 15 is 0 Å². The first-order valence-corrected chi connectivity index (χ1v) is 5.23. The molecule has 1 N–H and O–H groups in total. The van der Waals surface area contributed by atoms with Gasteiger partial charge < -0.3 is 10.1 Å². The molecule has 0 unspecified atom stereocenters. The van der Waals surface area contributed by atoms with E-state index in [1.54, 1.807) is 6.07 Å². The smallest absolute Gasteiger partial charge is 0.339 e. The molecule has 0 saturated carbocycles. The number of alkyl halides is 1. The van der Waals surface area contributed by atoms with Crippen LogP contribution in [0.2, 0.25) is 5.02 Å². The molecule has 0 aliphatic heterocycles. The van der Waals surface area contributed by atoms with Gasteiger partial charge in [-0.25, -0.2) is 4.79 Å². The molecule has 1 amide bonds. The van der Waals surface area contributed by atoms with Gasteiger partial charge in [-0.15, -0.1) is 11.6 Å². The quantitative estimate of drug-likeness (QED) is 0.671. The van der Waals surface area contributed by atoms with Crippen molar-refractivity contribution in [1.82, 2.24) is 0 Å². The zero-order valence-electron chi connectivity index (χ0n) is 8.42. The number of rotatable bonds is 3. The van der Waals surface area contributed by atoms with Crippen LogP contribution < -0.4 is 5.32 Å². The summed E-state index contributed by atoms with van der Waals surface area (Å²) in [7, 11) is 1.25. The van der Waals surface area contributed by atoms with Crippen LogP contribution in [-0.2, 0) is 9.53 Å². The Bertz CT molecular complexity index is 421. The van der Waals surface area contributed by atoms with Gasteiger partial charge in [-0.2, -0.15) is 0 Å². The molecule has 0 aromatic heterocycles. The normalized spacial score (nSPS) is 9.69.